The number of carboxylic acid groups (broad SMARTS) is 1. The number of rotatable bonds is 3. The highest BCUT2D eigenvalue weighted by molar-refractivity contribution is 6.31. The van der Waals surface area contributed by atoms with Crippen LogP contribution in [0.5, 0.6) is 5.75 Å². The van der Waals surface area contributed by atoms with Gasteiger partial charge in [0, 0.05) is 19.2 Å². The molecule has 0 saturated carbocycles. The maximum atomic E-state index is 11.3. The summed E-state index contributed by atoms with van der Waals surface area (Å²) in [6.07, 6.45) is 0. The first-order chi connectivity index (χ1) is 8.36. The van der Waals surface area contributed by atoms with E-state index >= 15 is 0 Å². The van der Waals surface area contributed by atoms with E-state index < -0.39 is 11.9 Å². The second kappa shape index (κ2) is 5.53. The van der Waals surface area contributed by atoms with Crippen molar-refractivity contribution in [2.75, 3.05) is 14.2 Å². The number of aliphatic carboxylic acids is 1. The molecule has 0 heterocycles. The fourth-order valence-corrected chi connectivity index (χ4v) is 1.65. The van der Waals surface area contributed by atoms with Gasteiger partial charge in [0.05, 0.1) is 7.11 Å². The number of likely N-dealkylation sites (N-methyl/N-ethyl adjacent to an activating group) is 1. The number of benzene rings is 1. The van der Waals surface area contributed by atoms with Crippen LogP contribution < -0.4 is 4.74 Å². The zero-order chi connectivity index (χ0) is 13.9. The number of ether oxygens (including phenoxy) is 1. The molecule has 0 aliphatic heterocycles. The van der Waals surface area contributed by atoms with E-state index in [1.807, 2.05) is 26.0 Å². The van der Waals surface area contributed by atoms with Gasteiger partial charge >= 0.3 is 11.9 Å². The molecular weight excluding hydrogens is 234 g/mol. The molecule has 0 radical (unpaired) electrons. The van der Waals surface area contributed by atoms with Crippen molar-refractivity contribution in [1.82, 2.24) is 4.90 Å². The molecular formula is C13H17NO4. The number of carbonyl (C=O) groups excluding carboxylic acids is 1. The first kappa shape index (κ1) is 14.0. The third kappa shape index (κ3) is 3.00. The van der Waals surface area contributed by atoms with Gasteiger partial charge in [0.2, 0.25) is 0 Å². The first-order valence-electron chi connectivity index (χ1n) is 5.49. The molecule has 5 heteroatoms. The Bertz CT molecular complexity index is 482. The average Bonchev–Trinajstić information content (AvgIpc) is 2.32. The lowest BCUT2D eigenvalue weighted by atomic mass is 10.0. The normalized spacial score (nSPS) is 10.0. The number of carbonyl (C=O) groups is 2. The van der Waals surface area contributed by atoms with Crippen molar-refractivity contribution in [3.63, 3.8) is 0 Å². The Balaban J connectivity index is 3.00. The predicted octanol–water partition coefficient (Wildman–Crippen LogP) is 1.36. The van der Waals surface area contributed by atoms with Gasteiger partial charge in [-0.3, -0.25) is 4.79 Å². The summed E-state index contributed by atoms with van der Waals surface area (Å²) in [5.41, 5.74) is 2.95. The van der Waals surface area contributed by atoms with Gasteiger partial charge in [-0.15, -0.1) is 0 Å². The fraction of sp³-hybridized carbons (Fsp3) is 0.385. The summed E-state index contributed by atoms with van der Waals surface area (Å²) in [4.78, 5) is 23.0. The summed E-state index contributed by atoms with van der Waals surface area (Å²) < 4.78 is 5.24. The number of hydrogen-bond donors (Lipinski definition) is 1. The monoisotopic (exact) mass is 251 g/mol. The summed E-state index contributed by atoms with van der Waals surface area (Å²) in [6, 6.07) is 3.78. The van der Waals surface area contributed by atoms with Crippen LogP contribution in [-0.4, -0.2) is 36.0 Å². The molecule has 1 aromatic carbocycles. The number of amides is 1. The second-order valence-electron chi connectivity index (χ2n) is 4.21. The van der Waals surface area contributed by atoms with Crippen LogP contribution in [-0.2, 0) is 16.1 Å². The minimum Gasteiger partial charge on any atom is -0.496 e. The highest BCUT2D eigenvalue weighted by atomic mass is 16.5. The van der Waals surface area contributed by atoms with Gasteiger partial charge in [-0.05, 0) is 31.0 Å². The van der Waals surface area contributed by atoms with Crippen LogP contribution in [0.15, 0.2) is 12.1 Å². The number of hydrogen-bond acceptors (Lipinski definition) is 3. The van der Waals surface area contributed by atoms with Crippen LogP contribution in [0.1, 0.15) is 16.7 Å². The van der Waals surface area contributed by atoms with Gasteiger partial charge in [0.15, 0.2) is 0 Å². The Morgan fingerprint density at radius 3 is 2.33 bits per heavy atom. The summed E-state index contributed by atoms with van der Waals surface area (Å²) in [5.74, 6) is -1.74. The van der Waals surface area contributed by atoms with E-state index in [0.717, 1.165) is 21.6 Å². The molecule has 0 aliphatic carbocycles. The van der Waals surface area contributed by atoms with Gasteiger partial charge < -0.3 is 14.7 Å². The average molecular weight is 251 g/mol. The standard InChI is InChI=1S/C13H17NO4/c1-8-5-10(11(18-4)6-9(8)2)7-14(3)12(15)13(16)17/h5-6H,7H2,1-4H3,(H,16,17). The van der Waals surface area contributed by atoms with Crippen molar-refractivity contribution >= 4 is 11.9 Å². The van der Waals surface area contributed by atoms with Crippen LogP contribution in [0, 0.1) is 13.8 Å². The molecule has 1 N–H and O–H groups in total. The van der Waals surface area contributed by atoms with Crippen LogP contribution in [0.25, 0.3) is 0 Å². The predicted molar refractivity (Wildman–Crippen MR) is 66.6 cm³/mol. The molecule has 0 spiro atoms. The summed E-state index contributed by atoms with van der Waals surface area (Å²) in [6.45, 7) is 4.13. The van der Waals surface area contributed by atoms with Crippen molar-refractivity contribution in [2.45, 2.75) is 20.4 Å². The van der Waals surface area contributed by atoms with Gasteiger partial charge in [-0.25, -0.2) is 4.79 Å². The maximum Gasteiger partial charge on any atom is 0.394 e. The Labute approximate surface area is 106 Å². The lowest BCUT2D eigenvalue weighted by Gasteiger charge is -2.18. The maximum absolute atomic E-state index is 11.3. The molecule has 5 nitrogen and oxygen atoms in total. The third-order valence-electron chi connectivity index (χ3n) is 2.83. The van der Waals surface area contributed by atoms with E-state index in [9.17, 15) is 9.59 Å². The van der Waals surface area contributed by atoms with Crippen molar-refractivity contribution in [3.05, 3.63) is 28.8 Å². The zero-order valence-corrected chi connectivity index (χ0v) is 11.0. The topological polar surface area (TPSA) is 66.8 Å². The molecule has 1 rings (SSSR count). The lowest BCUT2D eigenvalue weighted by molar-refractivity contribution is -0.155. The molecule has 1 amide bonds. The first-order valence-corrected chi connectivity index (χ1v) is 5.49. The molecule has 0 bridgehead atoms. The molecule has 18 heavy (non-hydrogen) atoms. The van der Waals surface area contributed by atoms with Gasteiger partial charge in [-0.1, -0.05) is 6.07 Å². The summed E-state index contributed by atoms with van der Waals surface area (Å²) in [7, 11) is 3.00. The van der Waals surface area contributed by atoms with E-state index in [1.165, 1.54) is 7.05 Å². The fourth-order valence-electron chi connectivity index (χ4n) is 1.65. The van der Waals surface area contributed by atoms with Crippen molar-refractivity contribution in [2.24, 2.45) is 0 Å². The lowest BCUT2D eigenvalue weighted by Crippen LogP contribution is -2.32. The van der Waals surface area contributed by atoms with E-state index in [2.05, 4.69) is 0 Å². The van der Waals surface area contributed by atoms with E-state index in [4.69, 9.17) is 9.84 Å². The highest BCUT2D eigenvalue weighted by Crippen LogP contribution is 2.24. The van der Waals surface area contributed by atoms with E-state index in [0.29, 0.717) is 5.75 Å². The molecule has 0 aliphatic rings. The third-order valence-corrected chi connectivity index (χ3v) is 2.83. The van der Waals surface area contributed by atoms with Crippen molar-refractivity contribution in [3.8, 4) is 5.75 Å². The summed E-state index contributed by atoms with van der Waals surface area (Å²) in [5, 5.41) is 8.63. The minimum absolute atomic E-state index is 0.204. The van der Waals surface area contributed by atoms with Crippen LogP contribution in [0.3, 0.4) is 0 Å². The molecule has 0 aromatic heterocycles. The Kier molecular flexibility index (Phi) is 4.31. The zero-order valence-electron chi connectivity index (χ0n) is 11.0. The van der Waals surface area contributed by atoms with Crippen LogP contribution in [0.4, 0.5) is 0 Å². The smallest absolute Gasteiger partial charge is 0.394 e. The summed E-state index contributed by atoms with van der Waals surface area (Å²) >= 11 is 0. The van der Waals surface area contributed by atoms with E-state index in [1.54, 1.807) is 7.11 Å². The van der Waals surface area contributed by atoms with Gasteiger partial charge in [0.25, 0.3) is 0 Å². The molecule has 0 saturated heterocycles. The Morgan fingerprint density at radius 2 is 1.83 bits per heavy atom. The molecule has 0 unspecified atom stereocenters. The van der Waals surface area contributed by atoms with Crippen molar-refractivity contribution in [1.29, 1.82) is 0 Å². The van der Waals surface area contributed by atoms with Crippen molar-refractivity contribution < 1.29 is 19.4 Å². The molecule has 0 fully saturated rings. The quantitative estimate of drug-likeness (QED) is 0.823. The SMILES string of the molecule is COc1cc(C)c(C)cc1CN(C)C(=O)C(=O)O. The molecule has 1 aromatic rings. The van der Waals surface area contributed by atoms with Gasteiger partial charge in [-0.2, -0.15) is 0 Å². The van der Waals surface area contributed by atoms with E-state index in [-0.39, 0.29) is 6.54 Å². The second-order valence-corrected chi connectivity index (χ2v) is 4.21. The minimum atomic E-state index is -1.46. The number of nitrogens with zero attached hydrogens (tertiary/aromatic N) is 1. The molecule has 98 valence electrons. The Morgan fingerprint density at radius 1 is 1.28 bits per heavy atom. The highest BCUT2D eigenvalue weighted by Gasteiger charge is 2.18. The van der Waals surface area contributed by atoms with Crippen LogP contribution >= 0.6 is 0 Å². The number of carboxylic acids is 1. The Hall–Kier alpha value is -2.04. The number of aryl methyl sites for hydroxylation is 2. The molecule has 0 atom stereocenters. The largest absolute Gasteiger partial charge is 0.496 e. The van der Waals surface area contributed by atoms with Gasteiger partial charge in [0.1, 0.15) is 5.75 Å². The number of methoxy groups -OCH3 is 1. The van der Waals surface area contributed by atoms with Crippen LogP contribution in [0.2, 0.25) is 0 Å².